The average Bonchev–Trinajstić information content (AvgIpc) is 3.23. The van der Waals surface area contributed by atoms with E-state index in [2.05, 4.69) is 37.3 Å². The fourth-order valence-corrected chi connectivity index (χ4v) is 6.96. The van der Waals surface area contributed by atoms with Crippen LogP contribution in [-0.2, 0) is 24.2 Å². The van der Waals surface area contributed by atoms with Crippen molar-refractivity contribution in [3.63, 3.8) is 0 Å². The van der Waals surface area contributed by atoms with Crippen LogP contribution in [0.25, 0.3) is 0 Å². The van der Waals surface area contributed by atoms with Crippen molar-refractivity contribution < 1.29 is 40.9 Å². The van der Waals surface area contributed by atoms with E-state index >= 15 is 0 Å². The number of amides is 4. The molecule has 3 aliphatic heterocycles. The molecule has 0 spiro atoms. The first kappa shape index (κ1) is 41.0. The highest BCUT2D eigenvalue weighted by Gasteiger charge is 2.49. The first-order valence-corrected chi connectivity index (χ1v) is 19.3. The minimum atomic E-state index is -5.08. The summed E-state index contributed by atoms with van der Waals surface area (Å²) in [6.45, 7) is 21.4. The summed E-state index contributed by atoms with van der Waals surface area (Å²) >= 11 is 0. The maximum atomic E-state index is 12.7. The molecule has 3 aliphatic rings. The van der Waals surface area contributed by atoms with Gasteiger partial charge in [0.2, 0.25) is 16.3 Å². The molecule has 0 aliphatic carbocycles. The lowest BCUT2D eigenvalue weighted by Gasteiger charge is -2.39. The smallest absolute Gasteiger partial charge is 0.410 e. The molecule has 4 amide bonds. The largest absolute Gasteiger partial charge is 0.724 e. The highest BCUT2D eigenvalue weighted by molar-refractivity contribution is 7.80. The van der Waals surface area contributed by atoms with Crippen LogP contribution in [-0.4, -0.2) is 120 Å². The highest BCUT2D eigenvalue weighted by Crippen LogP contribution is 2.31. The SMILES string of the molecule is CC(C)(C)OC(=O)N1CCC(NC(=O)[C@H]2CC[C@H]3CN2C(=O)N3OS(=O)(=O)[O-])CC1.CCCC[N+](CCCC)(CCCC)CCCC. The number of urea groups is 1. The molecule has 3 fully saturated rings. The summed E-state index contributed by atoms with van der Waals surface area (Å²) in [5.74, 6) is -0.343. The van der Waals surface area contributed by atoms with Gasteiger partial charge in [-0.05, 0) is 72.1 Å². The molecule has 3 rings (SSSR count). The Morgan fingerprint density at radius 3 is 1.79 bits per heavy atom. The number of piperidine rings is 2. The van der Waals surface area contributed by atoms with Gasteiger partial charge in [0, 0.05) is 25.7 Å². The Hall–Kier alpha value is -2.16. The lowest BCUT2D eigenvalue weighted by molar-refractivity contribution is -0.929. The number of ether oxygens (including phenoxy) is 1. The van der Waals surface area contributed by atoms with Crippen LogP contribution in [0.4, 0.5) is 9.59 Å². The van der Waals surface area contributed by atoms with Crippen LogP contribution < -0.4 is 5.32 Å². The van der Waals surface area contributed by atoms with E-state index in [1.807, 2.05) is 0 Å². The third kappa shape index (κ3) is 13.7. The van der Waals surface area contributed by atoms with Crippen molar-refractivity contribution in [2.45, 2.75) is 149 Å². The lowest BCUT2D eigenvalue weighted by Crippen LogP contribution is -2.54. The third-order valence-electron chi connectivity index (χ3n) is 9.23. The Morgan fingerprint density at radius 2 is 1.36 bits per heavy atom. The van der Waals surface area contributed by atoms with Crippen LogP contribution in [0.2, 0.25) is 0 Å². The minimum absolute atomic E-state index is 0.115. The summed E-state index contributed by atoms with van der Waals surface area (Å²) in [5.41, 5.74) is -0.577. The zero-order valence-electron chi connectivity index (χ0n) is 30.1. The molecule has 274 valence electrons. The Bertz CT molecular complexity index is 1050. The van der Waals surface area contributed by atoms with Crippen LogP contribution in [0.5, 0.6) is 0 Å². The van der Waals surface area contributed by atoms with E-state index < -0.39 is 34.1 Å². The van der Waals surface area contributed by atoms with Crippen molar-refractivity contribution in [3.8, 4) is 0 Å². The molecule has 47 heavy (non-hydrogen) atoms. The molecule has 0 aromatic heterocycles. The van der Waals surface area contributed by atoms with E-state index in [1.165, 1.54) is 86.9 Å². The van der Waals surface area contributed by atoms with Crippen molar-refractivity contribution in [1.29, 1.82) is 0 Å². The normalized spacial score (nSPS) is 20.6. The number of hydrogen-bond donors (Lipinski definition) is 1. The van der Waals surface area contributed by atoms with Gasteiger partial charge < -0.3 is 28.9 Å². The predicted molar refractivity (Wildman–Crippen MR) is 180 cm³/mol. The predicted octanol–water partition coefficient (Wildman–Crippen LogP) is 5.17. The summed E-state index contributed by atoms with van der Waals surface area (Å²) in [6, 6.07) is -2.30. The average molecular weight is 690 g/mol. The van der Waals surface area contributed by atoms with Gasteiger partial charge in [-0.3, -0.25) is 4.79 Å². The molecule has 0 radical (unpaired) electrons. The molecule has 0 saturated carbocycles. The van der Waals surface area contributed by atoms with Gasteiger partial charge in [0.05, 0.1) is 32.2 Å². The van der Waals surface area contributed by atoms with Crippen molar-refractivity contribution in [1.82, 2.24) is 20.2 Å². The summed E-state index contributed by atoms with van der Waals surface area (Å²) in [5, 5.41) is 3.46. The zero-order valence-corrected chi connectivity index (χ0v) is 30.9. The molecule has 0 unspecified atom stereocenters. The van der Waals surface area contributed by atoms with Gasteiger partial charge in [-0.15, -0.1) is 0 Å². The monoisotopic (exact) mass is 689 g/mol. The third-order valence-corrected chi connectivity index (χ3v) is 9.58. The van der Waals surface area contributed by atoms with E-state index in [0.717, 1.165) is 0 Å². The topological polar surface area (TPSA) is 149 Å². The Kier molecular flexibility index (Phi) is 16.7. The summed E-state index contributed by atoms with van der Waals surface area (Å²) in [4.78, 5) is 40.1. The van der Waals surface area contributed by atoms with Gasteiger partial charge in [0.15, 0.2) is 0 Å². The van der Waals surface area contributed by atoms with E-state index in [0.29, 0.717) is 43.8 Å². The standard InChI is InChI=1S/C17H28N4O8S.C16H36N/c1-17(2,3)28-16(24)19-8-6-11(7-9-19)18-14(22)13-5-4-12-10-20(13)15(23)21(12)29-30(25,26)27;1-5-9-13-17(14-10-6-2,15-11-7-3)16-12-8-4/h11-13H,4-10H2,1-3H3,(H,18,22)(H,25,26,27);5-16H2,1-4H3/q;+1/p-1/t12-,13+;/m0./s1. The van der Waals surface area contributed by atoms with Crippen LogP contribution >= 0.6 is 0 Å². The van der Waals surface area contributed by atoms with Crippen LogP contribution in [0.1, 0.15) is 126 Å². The maximum Gasteiger partial charge on any atom is 0.410 e. The van der Waals surface area contributed by atoms with Crippen molar-refractivity contribution in [2.75, 3.05) is 45.8 Å². The minimum Gasteiger partial charge on any atom is -0.724 e. The van der Waals surface area contributed by atoms with Gasteiger partial charge in [-0.25, -0.2) is 18.0 Å². The molecular formula is C33H63N5O8S. The molecule has 0 aromatic carbocycles. The van der Waals surface area contributed by atoms with E-state index in [1.54, 1.807) is 25.7 Å². The van der Waals surface area contributed by atoms with Crippen molar-refractivity contribution in [3.05, 3.63) is 0 Å². The van der Waals surface area contributed by atoms with E-state index in [9.17, 15) is 27.4 Å². The van der Waals surface area contributed by atoms with E-state index in [4.69, 9.17) is 4.74 Å². The van der Waals surface area contributed by atoms with Gasteiger partial charge in [-0.2, -0.15) is 9.35 Å². The Balaban J connectivity index is 0.000000387. The zero-order chi connectivity index (χ0) is 35.3. The van der Waals surface area contributed by atoms with Gasteiger partial charge >= 0.3 is 12.1 Å². The summed E-state index contributed by atoms with van der Waals surface area (Å²) < 4.78 is 43.6. The van der Waals surface area contributed by atoms with E-state index in [-0.39, 0.29) is 24.6 Å². The van der Waals surface area contributed by atoms with Gasteiger partial charge in [0.1, 0.15) is 11.6 Å². The number of likely N-dealkylation sites (tertiary alicyclic amines) is 1. The number of nitrogens with zero attached hydrogens (tertiary/aromatic N) is 4. The number of hydroxylamine groups is 2. The maximum absolute atomic E-state index is 12.7. The molecular weight excluding hydrogens is 626 g/mol. The van der Waals surface area contributed by atoms with Crippen molar-refractivity contribution >= 4 is 28.4 Å². The molecule has 3 heterocycles. The summed E-state index contributed by atoms with van der Waals surface area (Å²) in [6.07, 6.45) is 12.5. The second-order valence-corrected chi connectivity index (χ2v) is 15.4. The number of fused-ring (bicyclic) bond motifs is 2. The summed E-state index contributed by atoms with van der Waals surface area (Å²) in [7, 11) is -5.08. The number of quaternary nitrogens is 1. The fraction of sp³-hybridized carbons (Fsp3) is 0.909. The molecule has 1 N–H and O–H groups in total. The Morgan fingerprint density at radius 1 is 0.872 bits per heavy atom. The number of nitrogens with one attached hydrogen (secondary N) is 1. The second-order valence-electron chi connectivity index (χ2n) is 14.4. The van der Waals surface area contributed by atoms with Gasteiger partial charge in [-0.1, -0.05) is 53.4 Å². The second kappa shape index (κ2) is 19.1. The quantitative estimate of drug-likeness (QED) is 0.133. The molecule has 0 aromatic rings. The van der Waals surface area contributed by atoms with Gasteiger partial charge in [0.25, 0.3) is 0 Å². The lowest BCUT2D eigenvalue weighted by atomic mass is 9.99. The highest BCUT2D eigenvalue weighted by atomic mass is 32.3. The first-order valence-electron chi connectivity index (χ1n) is 18.0. The van der Waals surface area contributed by atoms with Crippen molar-refractivity contribution in [2.24, 2.45) is 0 Å². The molecule has 2 bridgehead atoms. The Labute approximate surface area is 284 Å². The van der Waals surface area contributed by atoms with Crippen LogP contribution in [0, 0.1) is 0 Å². The van der Waals surface area contributed by atoms with Crippen LogP contribution in [0.15, 0.2) is 0 Å². The number of hydrogen-bond acceptors (Lipinski definition) is 8. The molecule has 2 atom stereocenters. The fourth-order valence-electron chi connectivity index (χ4n) is 6.58. The first-order chi connectivity index (χ1) is 22.1. The number of rotatable bonds is 16. The number of carbonyl (C=O) groups is 3. The van der Waals surface area contributed by atoms with Crippen LogP contribution in [0.3, 0.4) is 0 Å². The number of unbranched alkanes of at least 4 members (excludes halogenated alkanes) is 4. The molecule has 13 nitrogen and oxygen atoms in total. The molecule has 3 saturated heterocycles. The molecule has 14 heteroatoms. The number of carbonyl (C=O) groups excluding carboxylic acids is 3.